The Balaban J connectivity index is 1.68. The van der Waals surface area contributed by atoms with Crippen molar-refractivity contribution in [2.24, 2.45) is 0 Å². The Kier molecular flexibility index (Phi) is 7.04. The van der Waals surface area contributed by atoms with Crippen LogP contribution in [0.5, 0.6) is 0 Å². The Morgan fingerprint density at radius 1 is 1.14 bits per heavy atom. The first-order valence-electron chi connectivity index (χ1n) is 9.64. The summed E-state index contributed by atoms with van der Waals surface area (Å²) in [5, 5.41) is 5.50. The fraction of sp³-hybridized carbons (Fsp3) is 0.318. The summed E-state index contributed by atoms with van der Waals surface area (Å²) in [5.41, 5.74) is 2.35. The maximum Gasteiger partial charge on any atom is 0.247 e. The van der Waals surface area contributed by atoms with Gasteiger partial charge in [0.1, 0.15) is 6.04 Å². The van der Waals surface area contributed by atoms with E-state index in [1.165, 1.54) is 0 Å². The molecule has 1 aliphatic rings. The normalized spacial score (nSPS) is 15.0. The van der Waals surface area contributed by atoms with Gasteiger partial charge in [-0.15, -0.1) is 0 Å². The highest BCUT2D eigenvalue weighted by atomic mass is 79.9. The van der Waals surface area contributed by atoms with Gasteiger partial charge in [0, 0.05) is 23.1 Å². The van der Waals surface area contributed by atoms with E-state index in [2.05, 4.69) is 26.6 Å². The number of carbonyl (C=O) groups excluding carboxylic acids is 3. The number of halogens is 1. The molecule has 1 saturated heterocycles. The van der Waals surface area contributed by atoms with Crippen molar-refractivity contribution in [3.8, 4) is 0 Å². The van der Waals surface area contributed by atoms with E-state index in [1.54, 1.807) is 11.0 Å². The fourth-order valence-electron chi connectivity index (χ4n) is 3.43. The average Bonchev–Trinajstić information content (AvgIpc) is 2.71. The lowest BCUT2D eigenvalue weighted by Gasteiger charge is -2.34. The van der Waals surface area contributed by atoms with Crippen molar-refractivity contribution >= 4 is 39.3 Å². The molecule has 3 rings (SSSR count). The molecule has 2 aromatic carbocycles. The van der Waals surface area contributed by atoms with Gasteiger partial charge >= 0.3 is 0 Å². The first kappa shape index (κ1) is 21.0. The van der Waals surface area contributed by atoms with Crippen LogP contribution >= 0.6 is 15.9 Å². The van der Waals surface area contributed by atoms with Crippen LogP contribution in [0.3, 0.4) is 0 Å². The molecule has 1 heterocycles. The summed E-state index contributed by atoms with van der Waals surface area (Å²) >= 11 is 3.39. The summed E-state index contributed by atoms with van der Waals surface area (Å²) < 4.78 is 0.929. The molecule has 0 bridgehead atoms. The number of benzene rings is 2. The smallest absolute Gasteiger partial charge is 0.247 e. The van der Waals surface area contributed by atoms with E-state index >= 15 is 0 Å². The van der Waals surface area contributed by atoms with Crippen LogP contribution in [-0.2, 0) is 14.4 Å². The third kappa shape index (κ3) is 5.44. The van der Waals surface area contributed by atoms with E-state index in [9.17, 15) is 14.4 Å². The molecule has 1 aliphatic heterocycles. The number of carbonyl (C=O) groups is 3. The summed E-state index contributed by atoms with van der Waals surface area (Å²) in [6.45, 7) is 2.27. The maximum absolute atomic E-state index is 13.0. The van der Waals surface area contributed by atoms with Gasteiger partial charge in [-0.1, -0.05) is 46.3 Å². The van der Waals surface area contributed by atoms with Crippen molar-refractivity contribution in [2.75, 3.05) is 18.4 Å². The Hall–Kier alpha value is -2.67. The minimum absolute atomic E-state index is 0.0322. The molecule has 2 aromatic rings. The molecule has 152 valence electrons. The number of hydrogen-bond acceptors (Lipinski definition) is 3. The van der Waals surface area contributed by atoms with Crippen LogP contribution in [0.15, 0.2) is 53.0 Å². The van der Waals surface area contributed by atoms with Crippen LogP contribution in [0.2, 0.25) is 0 Å². The number of piperidine rings is 1. The predicted octanol–water partition coefficient (Wildman–Crippen LogP) is 3.57. The molecule has 0 aliphatic carbocycles. The number of anilines is 1. The number of hydrogen-bond donors (Lipinski definition) is 2. The van der Waals surface area contributed by atoms with Crippen LogP contribution in [0, 0.1) is 6.92 Å². The average molecular weight is 458 g/mol. The molecule has 2 N–H and O–H groups in total. The van der Waals surface area contributed by atoms with Crippen LogP contribution in [0.1, 0.15) is 36.4 Å². The first-order chi connectivity index (χ1) is 14.0. The van der Waals surface area contributed by atoms with Gasteiger partial charge in [-0.05, 0) is 49.1 Å². The molecule has 6 nitrogen and oxygen atoms in total. The third-order valence-electron chi connectivity index (χ3n) is 4.92. The van der Waals surface area contributed by atoms with Crippen molar-refractivity contribution < 1.29 is 14.4 Å². The lowest BCUT2D eigenvalue weighted by molar-refractivity contribution is -0.142. The predicted molar refractivity (Wildman–Crippen MR) is 115 cm³/mol. The van der Waals surface area contributed by atoms with Gasteiger partial charge in [0.05, 0.1) is 6.54 Å². The van der Waals surface area contributed by atoms with Crippen molar-refractivity contribution in [3.05, 3.63) is 64.1 Å². The zero-order valence-corrected chi connectivity index (χ0v) is 17.9. The van der Waals surface area contributed by atoms with Crippen LogP contribution in [-0.4, -0.2) is 35.7 Å². The van der Waals surface area contributed by atoms with Gasteiger partial charge in [0.15, 0.2) is 0 Å². The second kappa shape index (κ2) is 9.69. The van der Waals surface area contributed by atoms with Gasteiger partial charge in [-0.2, -0.15) is 0 Å². The molecule has 0 saturated carbocycles. The third-order valence-corrected chi connectivity index (χ3v) is 5.41. The van der Waals surface area contributed by atoms with E-state index in [0.29, 0.717) is 18.7 Å². The Labute approximate surface area is 178 Å². The zero-order chi connectivity index (χ0) is 20.8. The molecule has 1 atom stereocenters. The van der Waals surface area contributed by atoms with Crippen molar-refractivity contribution in [3.63, 3.8) is 0 Å². The summed E-state index contributed by atoms with van der Waals surface area (Å²) in [6.07, 6.45) is 2.15. The summed E-state index contributed by atoms with van der Waals surface area (Å²) in [7, 11) is 0. The van der Waals surface area contributed by atoms with Gasteiger partial charge in [0.25, 0.3) is 0 Å². The number of amides is 3. The largest absolute Gasteiger partial charge is 0.345 e. The topological polar surface area (TPSA) is 78.5 Å². The van der Waals surface area contributed by atoms with E-state index in [0.717, 1.165) is 28.4 Å². The highest BCUT2D eigenvalue weighted by molar-refractivity contribution is 9.10. The SMILES string of the molecule is Cc1cc(Br)ccc1NC(=O)CNC(=O)C(c1ccccc1)N1CCCCC1=O. The van der Waals surface area contributed by atoms with E-state index in [-0.39, 0.29) is 24.3 Å². The highest BCUT2D eigenvalue weighted by Crippen LogP contribution is 2.26. The van der Waals surface area contributed by atoms with Crippen LogP contribution in [0.4, 0.5) is 5.69 Å². The van der Waals surface area contributed by atoms with Crippen LogP contribution in [0.25, 0.3) is 0 Å². The highest BCUT2D eigenvalue weighted by Gasteiger charge is 2.32. The van der Waals surface area contributed by atoms with Crippen molar-refractivity contribution in [2.45, 2.75) is 32.2 Å². The lowest BCUT2D eigenvalue weighted by atomic mass is 10.0. The first-order valence-corrected chi connectivity index (χ1v) is 10.4. The number of aryl methyl sites for hydroxylation is 1. The molecule has 1 fully saturated rings. The molecule has 3 amide bonds. The quantitative estimate of drug-likeness (QED) is 0.695. The Morgan fingerprint density at radius 2 is 1.90 bits per heavy atom. The fourth-order valence-corrected chi connectivity index (χ4v) is 3.91. The van der Waals surface area contributed by atoms with Crippen molar-refractivity contribution in [1.29, 1.82) is 0 Å². The molecule has 1 unspecified atom stereocenters. The second-order valence-corrected chi connectivity index (χ2v) is 8.00. The number of nitrogens with zero attached hydrogens (tertiary/aromatic N) is 1. The second-order valence-electron chi connectivity index (χ2n) is 7.08. The Morgan fingerprint density at radius 3 is 2.59 bits per heavy atom. The maximum atomic E-state index is 13.0. The molecule has 0 spiro atoms. The number of nitrogens with one attached hydrogen (secondary N) is 2. The lowest BCUT2D eigenvalue weighted by Crippen LogP contribution is -2.47. The van der Waals surface area contributed by atoms with Crippen LogP contribution < -0.4 is 10.6 Å². The number of rotatable bonds is 6. The summed E-state index contributed by atoms with van der Waals surface area (Å²) in [5.74, 6) is -0.704. The summed E-state index contributed by atoms with van der Waals surface area (Å²) in [4.78, 5) is 39.3. The molecular formula is C22H24BrN3O3. The monoisotopic (exact) mass is 457 g/mol. The number of likely N-dealkylation sites (tertiary alicyclic amines) is 1. The molecule has 0 radical (unpaired) electrons. The van der Waals surface area contributed by atoms with Gasteiger partial charge in [0.2, 0.25) is 17.7 Å². The van der Waals surface area contributed by atoms with E-state index < -0.39 is 6.04 Å². The molecule has 29 heavy (non-hydrogen) atoms. The standard InChI is InChI=1S/C22H24BrN3O3/c1-15-13-17(23)10-11-18(15)25-19(27)14-24-22(29)21(16-7-3-2-4-8-16)26-12-6-5-9-20(26)28/h2-4,7-8,10-11,13,21H,5-6,9,12,14H2,1H3,(H,24,29)(H,25,27). The van der Waals surface area contributed by atoms with E-state index in [1.807, 2.05) is 49.4 Å². The molecule has 7 heteroatoms. The minimum Gasteiger partial charge on any atom is -0.345 e. The van der Waals surface area contributed by atoms with Gasteiger partial charge < -0.3 is 15.5 Å². The Bertz CT molecular complexity index is 901. The summed E-state index contributed by atoms with van der Waals surface area (Å²) in [6, 6.07) is 14.0. The minimum atomic E-state index is -0.730. The van der Waals surface area contributed by atoms with Gasteiger partial charge in [-0.3, -0.25) is 14.4 Å². The van der Waals surface area contributed by atoms with E-state index in [4.69, 9.17) is 0 Å². The molecule has 0 aromatic heterocycles. The zero-order valence-electron chi connectivity index (χ0n) is 16.3. The molecular weight excluding hydrogens is 434 g/mol. The van der Waals surface area contributed by atoms with Crippen molar-refractivity contribution in [1.82, 2.24) is 10.2 Å². The van der Waals surface area contributed by atoms with Gasteiger partial charge in [-0.25, -0.2) is 0 Å².